The van der Waals surface area contributed by atoms with Crippen LogP contribution in [0.15, 0.2) is 77.6 Å². The van der Waals surface area contributed by atoms with E-state index in [1.165, 1.54) is 16.8 Å². The number of ether oxygens (including phenoxy) is 2. The van der Waals surface area contributed by atoms with Crippen LogP contribution < -0.4 is 15.0 Å². The highest BCUT2D eigenvalue weighted by atomic mass is 19.1. The van der Waals surface area contributed by atoms with Gasteiger partial charge in [0.15, 0.2) is 11.5 Å². The van der Waals surface area contributed by atoms with Gasteiger partial charge in [0.05, 0.1) is 24.7 Å². The molecule has 0 aliphatic carbocycles. The molecule has 1 unspecified atom stereocenters. The van der Waals surface area contributed by atoms with Crippen molar-refractivity contribution in [1.82, 2.24) is 9.78 Å². The Morgan fingerprint density at radius 2 is 1.79 bits per heavy atom. The summed E-state index contributed by atoms with van der Waals surface area (Å²) >= 11 is 0. The monoisotopic (exact) mass is 460 g/mol. The Hall–Kier alpha value is -3.97. The maximum atomic E-state index is 13.4. The zero-order chi connectivity index (χ0) is 24.1. The fourth-order valence-corrected chi connectivity index (χ4v) is 3.72. The topological polar surface area (TPSA) is 73.6 Å². The predicted molar refractivity (Wildman–Crippen MR) is 131 cm³/mol. The first-order valence-corrected chi connectivity index (χ1v) is 10.9. The van der Waals surface area contributed by atoms with Gasteiger partial charge in [0.1, 0.15) is 18.5 Å². The van der Waals surface area contributed by atoms with Gasteiger partial charge in [0.25, 0.3) is 5.56 Å². The van der Waals surface area contributed by atoms with Crippen molar-refractivity contribution >= 4 is 16.8 Å². The highest BCUT2D eigenvalue weighted by molar-refractivity contribution is 5.93. The highest BCUT2D eigenvalue weighted by Crippen LogP contribution is 2.29. The molecule has 0 aliphatic rings. The molecule has 6 nitrogen and oxygen atoms in total. The van der Waals surface area contributed by atoms with E-state index in [0.29, 0.717) is 33.5 Å². The third-order valence-electron chi connectivity index (χ3n) is 5.35. The quantitative estimate of drug-likeness (QED) is 0.413. The molecule has 1 atom stereocenters. The zero-order valence-electron chi connectivity index (χ0n) is 18.9. The van der Waals surface area contributed by atoms with Crippen LogP contribution >= 0.6 is 0 Å². The Balaban J connectivity index is 1.59. The Kier molecular flexibility index (Phi) is 7.04. The minimum Gasteiger partial charge on any atom is -0.493 e. The van der Waals surface area contributed by atoms with Gasteiger partial charge in [-0.25, -0.2) is 9.07 Å². The van der Waals surface area contributed by atoms with Crippen LogP contribution in [-0.4, -0.2) is 34.7 Å². The largest absolute Gasteiger partial charge is 0.493 e. The summed E-state index contributed by atoms with van der Waals surface area (Å²) in [6.07, 6.45) is 2.86. The molecule has 4 aromatic rings. The second-order valence-electron chi connectivity index (χ2n) is 7.76. The summed E-state index contributed by atoms with van der Waals surface area (Å²) < 4.78 is 25.8. The summed E-state index contributed by atoms with van der Waals surface area (Å²) in [5.41, 5.74) is 1.84. The molecule has 0 saturated heterocycles. The molecular formula is C27H25FN2O4. The average molecular weight is 461 g/mol. The van der Waals surface area contributed by atoms with Crippen LogP contribution in [0.1, 0.15) is 12.5 Å². The molecule has 0 spiro atoms. The SMILES string of the molecule is C/C=C/c1ccc(OCC(O)Cn2nc(-c3ccc(F)cc3)c3ccccc3c2=O)c(OC)c1. The molecule has 34 heavy (non-hydrogen) atoms. The number of benzene rings is 3. The summed E-state index contributed by atoms with van der Waals surface area (Å²) in [7, 11) is 1.55. The molecule has 0 saturated carbocycles. The first kappa shape index (κ1) is 23.2. The summed E-state index contributed by atoms with van der Waals surface area (Å²) in [6.45, 7) is 1.79. The van der Waals surface area contributed by atoms with Crippen LogP contribution in [0.3, 0.4) is 0 Å². The summed E-state index contributed by atoms with van der Waals surface area (Å²) in [6, 6.07) is 18.5. The van der Waals surface area contributed by atoms with Gasteiger partial charge >= 0.3 is 0 Å². The second kappa shape index (κ2) is 10.3. The third-order valence-corrected chi connectivity index (χ3v) is 5.35. The van der Waals surface area contributed by atoms with Crippen LogP contribution in [0.2, 0.25) is 0 Å². The van der Waals surface area contributed by atoms with Crippen molar-refractivity contribution in [3.05, 3.63) is 94.5 Å². The van der Waals surface area contributed by atoms with Crippen molar-refractivity contribution in [3.8, 4) is 22.8 Å². The van der Waals surface area contributed by atoms with Crippen LogP contribution in [0.5, 0.6) is 11.5 Å². The molecule has 0 amide bonds. The second-order valence-corrected chi connectivity index (χ2v) is 7.76. The van der Waals surface area contributed by atoms with Gasteiger partial charge in [-0.3, -0.25) is 4.79 Å². The lowest BCUT2D eigenvalue weighted by molar-refractivity contribution is 0.0868. The zero-order valence-corrected chi connectivity index (χ0v) is 18.9. The van der Waals surface area contributed by atoms with E-state index in [0.717, 1.165) is 5.56 Å². The molecule has 1 aromatic heterocycles. The number of aliphatic hydroxyl groups is 1. The van der Waals surface area contributed by atoms with Crippen molar-refractivity contribution in [2.24, 2.45) is 0 Å². The van der Waals surface area contributed by atoms with E-state index in [2.05, 4.69) is 5.10 Å². The lowest BCUT2D eigenvalue weighted by Crippen LogP contribution is -2.32. The average Bonchev–Trinajstić information content (AvgIpc) is 2.85. The smallest absolute Gasteiger partial charge is 0.274 e. The van der Waals surface area contributed by atoms with Crippen molar-refractivity contribution < 1.29 is 19.0 Å². The van der Waals surface area contributed by atoms with Gasteiger partial charge in [-0.05, 0) is 55.0 Å². The molecule has 0 radical (unpaired) electrons. The van der Waals surface area contributed by atoms with Crippen LogP contribution in [0, 0.1) is 5.82 Å². The van der Waals surface area contributed by atoms with E-state index in [4.69, 9.17) is 9.47 Å². The summed E-state index contributed by atoms with van der Waals surface area (Å²) in [5.74, 6) is 0.672. The number of methoxy groups -OCH3 is 1. The number of halogens is 1. The Bertz CT molecular complexity index is 1380. The molecule has 7 heteroatoms. The molecule has 0 bridgehead atoms. The lowest BCUT2D eigenvalue weighted by Gasteiger charge is -2.17. The van der Waals surface area contributed by atoms with E-state index in [1.54, 1.807) is 43.5 Å². The van der Waals surface area contributed by atoms with E-state index >= 15 is 0 Å². The number of aromatic nitrogens is 2. The normalized spacial score (nSPS) is 12.2. The molecule has 174 valence electrons. The molecular weight excluding hydrogens is 435 g/mol. The van der Waals surface area contributed by atoms with Crippen molar-refractivity contribution in [2.45, 2.75) is 19.6 Å². The van der Waals surface area contributed by atoms with Crippen LogP contribution in [0.25, 0.3) is 28.1 Å². The number of aliphatic hydroxyl groups excluding tert-OH is 1. The summed E-state index contributed by atoms with van der Waals surface area (Å²) in [4.78, 5) is 13.0. The number of allylic oxidation sites excluding steroid dienone is 1. The number of hydrogen-bond donors (Lipinski definition) is 1. The van der Waals surface area contributed by atoms with E-state index in [-0.39, 0.29) is 24.5 Å². The van der Waals surface area contributed by atoms with Crippen LogP contribution in [0.4, 0.5) is 4.39 Å². The molecule has 1 heterocycles. The van der Waals surface area contributed by atoms with E-state index < -0.39 is 6.10 Å². The molecule has 0 fully saturated rings. The van der Waals surface area contributed by atoms with Gasteiger partial charge in [0.2, 0.25) is 0 Å². The fourth-order valence-electron chi connectivity index (χ4n) is 3.72. The van der Waals surface area contributed by atoms with Gasteiger partial charge in [-0.1, -0.05) is 36.4 Å². The Labute approximate surface area is 196 Å². The first-order chi connectivity index (χ1) is 16.5. The molecule has 1 N–H and O–H groups in total. The third kappa shape index (κ3) is 5.00. The maximum absolute atomic E-state index is 13.4. The van der Waals surface area contributed by atoms with Crippen molar-refractivity contribution in [3.63, 3.8) is 0 Å². The highest BCUT2D eigenvalue weighted by Gasteiger charge is 2.16. The predicted octanol–water partition coefficient (Wildman–Crippen LogP) is 4.68. The van der Waals surface area contributed by atoms with Gasteiger partial charge < -0.3 is 14.6 Å². The van der Waals surface area contributed by atoms with Gasteiger partial charge in [-0.2, -0.15) is 5.10 Å². The molecule has 4 rings (SSSR count). The van der Waals surface area contributed by atoms with Gasteiger partial charge in [-0.15, -0.1) is 0 Å². The summed E-state index contributed by atoms with van der Waals surface area (Å²) in [5, 5.41) is 16.3. The Morgan fingerprint density at radius 1 is 1.06 bits per heavy atom. The first-order valence-electron chi connectivity index (χ1n) is 10.9. The van der Waals surface area contributed by atoms with E-state index in [9.17, 15) is 14.3 Å². The number of hydrogen-bond acceptors (Lipinski definition) is 5. The van der Waals surface area contributed by atoms with E-state index in [1.807, 2.05) is 37.3 Å². The lowest BCUT2D eigenvalue weighted by atomic mass is 10.1. The number of rotatable bonds is 8. The number of nitrogens with zero attached hydrogens (tertiary/aromatic N) is 2. The van der Waals surface area contributed by atoms with Crippen molar-refractivity contribution in [2.75, 3.05) is 13.7 Å². The number of fused-ring (bicyclic) bond motifs is 1. The van der Waals surface area contributed by atoms with Gasteiger partial charge in [0, 0.05) is 10.9 Å². The molecule has 3 aromatic carbocycles. The molecule has 0 aliphatic heterocycles. The Morgan fingerprint density at radius 3 is 2.50 bits per heavy atom. The van der Waals surface area contributed by atoms with Crippen molar-refractivity contribution in [1.29, 1.82) is 0 Å². The minimum absolute atomic E-state index is 0.0633. The standard InChI is InChI=1S/C27H25FN2O4/c1-3-6-18-9-14-24(25(15-18)33-2)34-17-21(31)16-30-27(32)23-8-5-4-7-22(23)26(29-30)19-10-12-20(28)13-11-19/h3-15,21,31H,16-17H2,1-2H3/b6-3+. The minimum atomic E-state index is -1.01. The maximum Gasteiger partial charge on any atom is 0.274 e. The van der Waals surface area contributed by atoms with Crippen LogP contribution in [-0.2, 0) is 6.54 Å². The fraction of sp³-hybridized carbons (Fsp3) is 0.185.